The molecule has 0 aromatic heterocycles. The van der Waals surface area contributed by atoms with Crippen LogP contribution in [-0.2, 0) is 9.53 Å². The van der Waals surface area contributed by atoms with Gasteiger partial charge in [0.15, 0.2) is 0 Å². The van der Waals surface area contributed by atoms with Crippen molar-refractivity contribution in [2.45, 2.75) is 78.2 Å². The van der Waals surface area contributed by atoms with Crippen molar-refractivity contribution in [1.82, 2.24) is 5.32 Å². The molecule has 0 aliphatic heterocycles. The summed E-state index contributed by atoms with van der Waals surface area (Å²) in [5, 5.41) is 3.33. The first kappa shape index (κ1) is 18.4. The maximum Gasteiger partial charge on any atom is 0.322 e. The zero-order chi connectivity index (χ0) is 14.5. The SMILES string of the molecule is CCCCC(NCCCCCCC(C)C)C(=O)OC. The largest absolute Gasteiger partial charge is 0.468 e. The van der Waals surface area contributed by atoms with Crippen LogP contribution in [0.25, 0.3) is 0 Å². The molecule has 3 nitrogen and oxygen atoms in total. The van der Waals surface area contributed by atoms with E-state index in [4.69, 9.17) is 4.74 Å². The van der Waals surface area contributed by atoms with Gasteiger partial charge in [-0.3, -0.25) is 4.79 Å². The monoisotopic (exact) mass is 271 g/mol. The Morgan fingerprint density at radius 3 is 2.32 bits per heavy atom. The molecule has 0 saturated heterocycles. The van der Waals surface area contributed by atoms with Crippen LogP contribution in [0.4, 0.5) is 0 Å². The molecule has 1 atom stereocenters. The summed E-state index contributed by atoms with van der Waals surface area (Å²) in [4.78, 5) is 11.6. The lowest BCUT2D eigenvalue weighted by Gasteiger charge is -2.16. The van der Waals surface area contributed by atoms with Crippen molar-refractivity contribution in [3.63, 3.8) is 0 Å². The van der Waals surface area contributed by atoms with Gasteiger partial charge in [-0.1, -0.05) is 59.3 Å². The number of hydrogen-bond acceptors (Lipinski definition) is 3. The molecule has 114 valence electrons. The fraction of sp³-hybridized carbons (Fsp3) is 0.938. The van der Waals surface area contributed by atoms with E-state index >= 15 is 0 Å². The van der Waals surface area contributed by atoms with Gasteiger partial charge >= 0.3 is 5.97 Å². The highest BCUT2D eigenvalue weighted by atomic mass is 16.5. The number of carbonyl (C=O) groups excluding carboxylic acids is 1. The first-order chi connectivity index (χ1) is 9.11. The average Bonchev–Trinajstić information content (AvgIpc) is 2.39. The van der Waals surface area contributed by atoms with Crippen molar-refractivity contribution in [3.05, 3.63) is 0 Å². The molecular formula is C16H33NO2. The molecule has 0 aromatic carbocycles. The normalized spacial score (nSPS) is 12.7. The number of nitrogens with one attached hydrogen (secondary N) is 1. The highest BCUT2D eigenvalue weighted by Crippen LogP contribution is 2.09. The minimum absolute atomic E-state index is 0.111. The minimum atomic E-state index is -0.117. The Labute approximate surface area is 119 Å². The lowest BCUT2D eigenvalue weighted by atomic mass is 10.0. The second kappa shape index (κ2) is 12.5. The molecule has 0 aliphatic carbocycles. The predicted molar refractivity (Wildman–Crippen MR) is 81.3 cm³/mol. The molecule has 3 heteroatoms. The van der Waals surface area contributed by atoms with Crippen LogP contribution < -0.4 is 5.32 Å². The van der Waals surface area contributed by atoms with E-state index in [1.165, 1.54) is 32.8 Å². The zero-order valence-electron chi connectivity index (χ0n) is 13.3. The molecule has 0 fully saturated rings. The maximum atomic E-state index is 11.6. The predicted octanol–water partition coefficient (Wildman–Crippen LogP) is 3.91. The van der Waals surface area contributed by atoms with Crippen molar-refractivity contribution in [3.8, 4) is 0 Å². The van der Waals surface area contributed by atoms with Gasteiger partial charge in [0.05, 0.1) is 7.11 Å². The minimum Gasteiger partial charge on any atom is -0.468 e. The highest BCUT2D eigenvalue weighted by molar-refractivity contribution is 5.75. The van der Waals surface area contributed by atoms with E-state index in [1.54, 1.807) is 0 Å². The molecule has 0 spiro atoms. The van der Waals surface area contributed by atoms with E-state index in [0.29, 0.717) is 0 Å². The summed E-state index contributed by atoms with van der Waals surface area (Å²) in [5.41, 5.74) is 0. The Morgan fingerprint density at radius 2 is 1.74 bits per heavy atom. The lowest BCUT2D eigenvalue weighted by Crippen LogP contribution is -2.38. The molecule has 19 heavy (non-hydrogen) atoms. The molecule has 0 bridgehead atoms. The van der Waals surface area contributed by atoms with Gasteiger partial charge in [0.1, 0.15) is 6.04 Å². The van der Waals surface area contributed by atoms with Crippen LogP contribution in [0.2, 0.25) is 0 Å². The molecular weight excluding hydrogens is 238 g/mol. The molecule has 0 aliphatic rings. The number of methoxy groups -OCH3 is 1. The first-order valence-corrected chi connectivity index (χ1v) is 7.93. The van der Waals surface area contributed by atoms with Gasteiger partial charge < -0.3 is 10.1 Å². The quantitative estimate of drug-likeness (QED) is 0.432. The van der Waals surface area contributed by atoms with Crippen molar-refractivity contribution in [2.24, 2.45) is 5.92 Å². The van der Waals surface area contributed by atoms with Crippen LogP contribution in [-0.4, -0.2) is 25.7 Å². The Balaban J connectivity index is 3.60. The van der Waals surface area contributed by atoms with Crippen LogP contribution in [0.1, 0.15) is 72.1 Å². The van der Waals surface area contributed by atoms with Crippen molar-refractivity contribution >= 4 is 5.97 Å². The zero-order valence-corrected chi connectivity index (χ0v) is 13.3. The van der Waals surface area contributed by atoms with Crippen LogP contribution in [0.15, 0.2) is 0 Å². The molecule has 0 rings (SSSR count). The summed E-state index contributed by atoms with van der Waals surface area (Å²) in [6.45, 7) is 7.61. The van der Waals surface area contributed by atoms with Gasteiger partial charge in [-0.05, 0) is 25.3 Å². The summed E-state index contributed by atoms with van der Waals surface area (Å²) >= 11 is 0. The summed E-state index contributed by atoms with van der Waals surface area (Å²) in [6.07, 6.45) is 9.43. The Kier molecular flexibility index (Phi) is 12.1. The molecule has 0 heterocycles. The van der Waals surface area contributed by atoms with E-state index in [0.717, 1.165) is 38.1 Å². The molecule has 0 amide bonds. The van der Waals surface area contributed by atoms with Crippen molar-refractivity contribution in [1.29, 1.82) is 0 Å². The van der Waals surface area contributed by atoms with Gasteiger partial charge in [-0.2, -0.15) is 0 Å². The van der Waals surface area contributed by atoms with E-state index in [1.807, 2.05) is 0 Å². The van der Waals surface area contributed by atoms with Crippen molar-refractivity contribution in [2.75, 3.05) is 13.7 Å². The Bertz CT molecular complexity index is 217. The second-order valence-corrected chi connectivity index (χ2v) is 5.77. The van der Waals surface area contributed by atoms with Crippen LogP contribution in [0.3, 0.4) is 0 Å². The molecule has 0 saturated carbocycles. The maximum absolute atomic E-state index is 11.6. The van der Waals surface area contributed by atoms with E-state index in [-0.39, 0.29) is 12.0 Å². The standard InChI is InChI=1S/C16H33NO2/c1-5-6-12-15(16(18)19-4)17-13-10-8-7-9-11-14(2)3/h14-15,17H,5-13H2,1-4H3. The highest BCUT2D eigenvalue weighted by Gasteiger charge is 2.16. The smallest absolute Gasteiger partial charge is 0.322 e. The number of esters is 1. The average molecular weight is 271 g/mol. The van der Waals surface area contributed by atoms with E-state index in [2.05, 4.69) is 26.1 Å². The van der Waals surface area contributed by atoms with Crippen LogP contribution >= 0.6 is 0 Å². The molecule has 0 aromatic rings. The summed E-state index contributed by atoms with van der Waals surface area (Å²) in [5.74, 6) is 0.698. The lowest BCUT2D eigenvalue weighted by molar-refractivity contribution is -0.143. The summed E-state index contributed by atoms with van der Waals surface area (Å²) < 4.78 is 4.83. The van der Waals surface area contributed by atoms with E-state index < -0.39 is 0 Å². The molecule has 1 N–H and O–H groups in total. The third-order valence-electron chi connectivity index (χ3n) is 3.43. The summed E-state index contributed by atoms with van der Waals surface area (Å²) in [6, 6.07) is -0.111. The van der Waals surface area contributed by atoms with Gasteiger partial charge in [0, 0.05) is 0 Å². The van der Waals surface area contributed by atoms with Gasteiger partial charge in [-0.15, -0.1) is 0 Å². The fourth-order valence-corrected chi connectivity index (χ4v) is 2.16. The number of ether oxygens (including phenoxy) is 1. The topological polar surface area (TPSA) is 38.3 Å². The number of rotatable bonds is 12. The first-order valence-electron chi connectivity index (χ1n) is 7.93. The Hall–Kier alpha value is -0.570. The third kappa shape index (κ3) is 11.0. The van der Waals surface area contributed by atoms with Crippen LogP contribution in [0, 0.1) is 5.92 Å². The molecule has 1 unspecified atom stereocenters. The Morgan fingerprint density at radius 1 is 1.05 bits per heavy atom. The van der Waals surface area contributed by atoms with E-state index in [9.17, 15) is 4.79 Å². The molecule has 0 radical (unpaired) electrons. The second-order valence-electron chi connectivity index (χ2n) is 5.77. The number of carbonyl (C=O) groups is 1. The van der Waals surface area contributed by atoms with Gasteiger partial charge in [-0.25, -0.2) is 0 Å². The number of hydrogen-bond donors (Lipinski definition) is 1. The van der Waals surface area contributed by atoms with Crippen molar-refractivity contribution < 1.29 is 9.53 Å². The van der Waals surface area contributed by atoms with Gasteiger partial charge in [0.25, 0.3) is 0 Å². The third-order valence-corrected chi connectivity index (χ3v) is 3.43. The summed E-state index contributed by atoms with van der Waals surface area (Å²) in [7, 11) is 1.47. The van der Waals surface area contributed by atoms with Crippen LogP contribution in [0.5, 0.6) is 0 Å². The fourth-order valence-electron chi connectivity index (χ4n) is 2.16. The number of unbranched alkanes of at least 4 members (excludes halogenated alkanes) is 4. The van der Waals surface area contributed by atoms with Gasteiger partial charge in [0.2, 0.25) is 0 Å².